The van der Waals surface area contributed by atoms with Gasteiger partial charge in [-0.2, -0.15) is 4.98 Å². The van der Waals surface area contributed by atoms with Gasteiger partial charge in [0.2, 0.25) is 5.95 Å². The van der Waals surface area contributed by atoms with E-state index in [0.29, 0.717) is 5.95 Å². The fraction of sp³-hybridized carbons (Fsp3) is 0.750. The molecular formula is C16H25N5O3S. The molecule has 0 aromatic carbocycles. The number of aliphatic hydroxyl groups is 1. The SMILES string of the molecule is CN(CC1(CO)CC1)c1nccc(N2CCN[C@H]3CS(=O)(=O)C[C@H]32)n1. The van der Waals surface area contributed by atoms with Crippen LogP contribution in [0.2, 0.25) is 0 Å². The Morgan fingerprint density at radius 3 is 2.96 bits per heavy atom. The maximum Gasteiger partial charge on any atom is 0.227 e. The van der Waals surface area contributed by atoms with Crippen molar-refractivity contribution in [3.05, 3.63) is 12.3 Å². The summed E-state index contributed by atoms with van der Waals surface area (Å²) in [4.78, 5) is 13.1. The Kier molecular flexibility index (Phi) is 4.12. The lowest BCUT2D eigenvalue weighted by Crippen LogP contribution is -2.57. The summed E-state index contributed by atoms with van der Waals surface area (Å²) in [5, 5.41) is 12.8. The van der Waals surface area contributed by atoms with Crippen LogP contribution in [0.15, 0.2) is 12.3 Å². The van der Waals surface area contributed by atoms with Gasteiger partial charge < -0.3 is 20.2 Å². The zero-order valence-corrected chi connectivity index (χ0v) is 15.2. The zero-order chi connectivity index (χ0) is 17.7. The van der Waals surface area contributed by atoms with E-state index in [2.05, 4.69) is 20.2 Å². The molecule has 1 saturated carbocycles. The lowest BCUT2D eigenvalue weighted by atomic mass is 10.1. The number of aromatic nitrogens is 2. The van der Waals surface area contributed by atoms with Crippen LogP contribution in [0.5, 0.6) is 0 Å². The number of sulfone groups is 1. The second-order valence-electron chi connectivity index (χ2n) is 7.63. The Morgan fingerprint density at radius 1 is 1.44 bits per heavy atom. The number of hydrogen-bond acceptors (Lipinski definition) is 8. The highest BCUT2D eigenvalue weighted by atomic mass is 32.2. The standard InChI is InChI=1S/C16H25N5O3S/c1-20(10-16(11-22)3-4-16)15-18-5-2-14(19-15)21-7-6-17-12-8-25(23,24)9-13(12)21/h2,5,12-13,17,22H,3-4,6-11H2,1H3/t12-,13+/m0/s1. The highest BCUT2D eigenvalue weighted by molar-refractivity contribution is 7.91. The summed E-state index contributed by atoms with van der Waals surface area (Å²) in [6.07, 6.45) is 3.80. The van der Waals surface area contributed by atoms with E-state index in [1.807, 2.05) is 18.0 Å². The van der Waals surface area contributed by atoms with Crippen LogP contribution in [0, 0.1) is 5.41 Å². The monoisotopic (exact) mass is 367 g/mol. The maximum absolute atomic E-state index is 12.0. The number of nitrogens with one attached hydrogen (secondary N) is 1. The second kappa shape index (κ2) is 6.07. The third kappa shape index (κ3) is 3.32. The van der Waals surface area contributed by atoms with Crippen molar-refractivity contribution < 1.29 is 13.5 Å². The van der Waals surface area contributed by atoms with Gasteiger partial charge in [-0.05, 0) is 18.9 Å². The molecular weight excluding hydrogens is 342 g/mol. The Labute approximate surface area is 148 Å². The van der Waals surface area contributed by atoms with Crippen molar-refractivity contribution in [1.82, 2.24) is 15.3 Å². The summed E-state index contributed by atoms with van der Waals surface area (Å²) < 4.78 is 24.0. The second-order valence-corrected chi connectivity index (χ2v) is 9.78. The van der Waals surface area contributed by atoms with Gasteiger partial charge in [0.15, 0.2) is 9.84 Å². The Hall–Kier alpha value is -1.45. The van der Waals surface area contributed by atoms with Crippen LogP contribution in [0.3, 0.4) is 0 Å². The molecule has 0 bridgehead atoms. The molecule has 4 rings (SSSR count). The van der Waals surface area contributed by atoms with Gasteiger partial charge in [0.25, 0.3) is 0 Å². The fourth-order valence-electron chi connectivity index (χ4n) is 3.95. The highest BCUT2D eigenvalue weighted by Crippen LogP contribution is 2.45. The van der Waals surface area contributed by atoms with Crippen molar-refractivity contribution in [1.29, 1.82) is 0 Å². The summed E-state index contributed by atoms with van der Waals surface area (Å²) in [5.41, 5.74) is -0.00617. The van der Waals surface area contributed by atoms with Crippen LogP contribution in [-0.2, 0) is 9.84 Å². The molecule has 2 atom stereocenters. The van der Waals surface area contributed by atoms with Gasteiger partial charge in [0.1, 0.15) is 5.82 Å². The number of fused-ring (bicyclic) bond motifs is 1. The number of nitrogens with zero attached hydrogens (tertiary/aromatic N) is 4. The molecule has 9 heteroatoms. The van der Waals surface area contributed by atoms with E-state index in [4.69, 9.17) is 0 Å². The Balaban J connectivity index is 1.54. The third-order valence-corrected chi connectivity index (χ3v) is 7.33. The van der Waals surface area contributed by atoms with Crippen molar-refractivity contribution in [2.75, 3.05) is 54.6 Å². The average molecular weight is 367 g/mol. The van der Waals surface area contributed by atoms with E-state index in [9.17, 15) is 13.5 Å². The highest BCUT2D eigenvalue weighted by Gasteiger charge is 2.44. The first-order valence-corrected chi connectivity index (χ1v) is 10.6. The van der Waals surface area contributed by atoms with E-state index in [0.717, 1.165) is 38.3 Å². The molecule has 1 aromatic rings. The predicted molar refractivity (Wildman–Crippen MR) is 95.6 cm³/mol. The first kappa shape index (κ1) is 17.0. The maximum atomic E-state index is 12.0. The predicted octanol–water partition coefficient (Wildman–Crippen LogP) is -0.739. The van der Waals surface area contributed by atoms with Crippen molar-refractivity contribution >= 4 is 21.6 Å². The lowest BCUT2D eigenvalue weighted by Gasteiger charge is -2.38. The van der Waals surface area contributed by atoms with Crippen LogP contribution < -0.4 is 15.1 Å². The van der Waals surface area contributed by atoms with Crippen molar-refractivity contribution in [2.45, 2.75) is 24.9 Å². The molecule has 0 unspecified atom stereocenters. The minimum absolute atomic E-state index is 0.00617. The minimum atomic E-state index is -3.00. The molecule has 2 N–H and O–H groups in total. The zero-order valence-electron chi connectivity index (χ0n) is 14.4. The number of rotatable bonds is 5. The largest absolute Gasteiger partial charge is 0.396 e. The fourth-order valence-corrected chi connectivity index (χ4v) is 5.91. The van der Waals surface area contributed by atoms with Crippen LogP contribution in [0.25, 0.3) is 0 Å². The number of aliphatic hydroxyl groups excluding tert-OH is 1. The van der Waals surface area contributed by atoms with Crippen molar-refractivity contribution in [3.63, 3.8) is 0 Å². The van der Waals surface area contributed by atoms with Gasteiger partial charge in [0, 0.05) is 44.3 Å². The van der Waals surface area contributed by atoms with Gasteiger partial charge in [-0.15, -0.1) is 0 Å². The van der Waals surface area contributed by atoms with Gasteiger partial charge in [-0.25, -0.2) is 13.4 Å². The van der Waals surface area contributed by atoms with E-state index < -0.39 is 9.84 Å². The van der Waals surface area contributed by atoms with Crippen LogP contribution in [0.4, 0.5) is 11.8 Å². The number of hydrogen-bond donors (Lipinski definition) is 2. The molecule has 1 aromatic heterocycles. The van der Waals surface area contributed by atoms with E-state index in [1.54, 1.807) is 6.20 Å². The van der Waals surface area contributed by atoms with Crippen LogP contribution in [0.1, 0.15) is 12.8 Å². The molecule has 0 amide bonds. The van der Waals surface area contributed by atoms with Crippen molar-refractivity contribution in [2.24, 2.45) is 5.41 Å². The minimum Gasteiger partial charge on any atom is -0.396 e. The molecule has 8 nitrogen and oxygen atoms in total. The molecule has 2 aliphatic heterocycles. The Bertz CT molecular complexity index is 752. The smallest absolute Gasteiger partial charge is 0.227 e. The molecule has 3 aliphatic rings. The molecule has 25 heavy (non-hydrogen) atoms. The summed E-state index contributed by atoms with van der Waals surface area (Å²) in [6.45, 7) is 2.41. The number of anilines is 2. The Morgan fingerprint density at radius 2 is 2.24 bits per heavy atom. The quantitative estimate of drug-likeness (QED) is 0.702. The summed E-state index contributed by atoms with van der Waals surface area (Å²) in [7, 11) is -1.06. The summed E-state index contributed by atoms with van der Waals surface area (Å²) in [5.74, 6) is 1.77. The first-order valence-electron chi connectivity index (χ1n) is 8.77. The van der Waals surface area contributed by atoms with E-state index in [1.165, 1.54) is 0 Å². The van der Waals surface area contributed by atoms with Crippen LogP contribution >= 0.6 is 0 Å². The molecule has 2 saturated heterocycles. The average Bonchev–Trinajstić information content (AvgIpc) is 3.28. The molecule has 3 fully saturated rings. The molecule has 0 spiro atoms. The molecule has 3 heterocycles. The summed E-state index contributed by atoms with van der Waals surface area (Å²) >= 11 is 0. The van der Waals surface area contributed by atoms with Gasteiger partial charge in [-0.1, -0.05) is 0 Å². The van der Waals surface area contributed by atoms with Gasteiger partial charge in [0.05, 0.1) is 24.2 Å². The van der Waals surface area contributed by atoms with Crippen LogP contribution in [-0.4, -0.2) is 80.4 Å². The van der Waals surface area contributed by atoms with E-state index in [-0.39, 0.29) is 35.6 Å². The van der Waals surface area contributed by atoms with E-state index >= 15 is 0 Å². The third-order valence-electron chi connectivity index (χ3n) is 5.61. The topological polar surface area (TPSA) is 98.7 Å². The molecule has 0 radical (unpaired) electrons. The lowest BCUT2D eigenvalue weighted by molar-refractivity contribution is 0.215. The molecule has 138 valence electrons. The van der Waals surface area contributed by atoms with Gasteiger partial charge in [-0.3, -0.25) is 0 Å². The molecule has 1 aliphatic carbocycles. The normalized spacial score (nSPS) is 29.3. The van der Waals surface area contributed by atoms with Gasteiger partial charge >= 0.3 is 0 Å². The van der Waals surface area contributed by atoms with Crippen molar-refractivity contribution in [3.8, 4) is 0 Å². The number of piperazine rings is 1. The first-order chi connectivity index (χ1) is 11.9. The summed E-state index contributed by atoms with van der Waals surface area (Å²) in [6, 6.07) is 1.75.